The molecule has 0 saturated heterocycles. The van der Waals surface area contributed by atoms with Crippen molar-refractivity contribution in [2.75, 3.05) is 0 Å². The van der Waals surface area contributed by atoms with Crippen LogP contribution in [0, 0.1) is 0 Å². The fraction of sp³-hybridized carbons (Fsp3) is 0. The number of pyridine rings is 1. The van der Waals surface area contributed by atoms with E-state index in [9.17, 15) is 0 Å². The van der Waals surface area contributed by atoms with Gasteiger partial charge in [0.25, 0.3) is 0 Å². The minimum atomic E-state index is 0.550. The molecule has 7 aromatic carbocycles. The number of thiophene rings is 1. The zero-order valence-corrected chi connectivity index (χ0v) is 31.0. The van der Waals surface area contributed by atoms with Crippen molar-refractivity contribution in [3.63, 3.8) is 0 Å². The molecule has 0 bridgehead atoms. The lowest BCUT2D eigenvalue weighted by Crippen LogP contribution is -2.00. The molecule has 0 atom stereocenters. The van der Waals surface area contributed by atoms with Crippen LogP contribution in [0.3, 0.4) is 0 Å². The molecule has 266 valence electrons. The van der Waals surface area contributed by atoms with E-state index in [1.165, 1.54) is 20.2 Å². The molecule has 57 heavy (non-hydrogen) atoms. The fourth-order valence-corrected chi connectivity index (χ4v) is 9.25. The van der Waals surface area contributed by atoms with Crippen LogP contribution in [0.2, 0.25) is 0 Å². The molecule has 5 heterocycles. The lowest BCUT2D eigenvalue weighted by Gasteiger charge is -2.11. The highest BCUT2D eigenvalue weighted by Crippen LogP contribution is 2.44. The van der Waals surface area contributed by atoms with Crippen molar-refractivity contribution in [1.29, 1.82) is 0 Å². The summed E-state index contributed by atoms with van der Waals surface area (Å²) in [6, 6.07) is 54.3. The van der Waals surface area contributed by atoms with Gasteiger partial charge in [0.15, 0.2) is 17.5 Å². The molecular weight excluding hydrogens is 721 g/mol. The number of benzene rings is 7. The summed E-state index contributed by atoms with van der Waals surface area (Å²) in [6.45, 7) is 0. The topological polar surface area (TPSA) is 77.8 Å². The van der Waals surface area contributed by atoms with E-state index in [2.05, 4.69) is 114 Å². The van der Waals surface area contributed by atoms with Crippen LogP contribution in [0.5, 0.6) is 0 Å². The van der Waals surface area contributed by atoms with Gasteiger partial charge in [0.05, 0.1) is 0 Å². The van der Waals surface area contributed by atoms with Crippen LogP contribution in [-0.2, 0) is 0 Å². The Labute approximate surface area is 329 Å². The molecule has 0 spiro atoms. The Bertz CT molecular complexity index is 3530. The third kappa shape index (κ3) is 5.17. The van der Waals surface area contributed by atoms with Crippen LogP contribution in [0.25, 0.3) is 120 Å². The Hall–Kier alpha value is -7.48. The molecule has 0 N–H and O–H groups in total. The molecular formula is C50H28N4O2S. The van der Waals surface area contributed by atoms with Crippen molar-refractivity contribution in [2.24, 2.45) is 0 Å². The van der Waals surface area contributed by atoms with Gasteiger partial charge in [0.1, 0.15) is 22.3 Å². The highest BCUT2D eigenvalue weighted by atomic mass is 32.1. The molecule has 0 aliphatic rings. The third-order valence-electron chi connectivity index (χ3n) is 10.9. The maximum Gasteiger partial charge on any atom is 0.164 e. The normalized spacial score (nSPS) is 11.9. The van der Waals surface area contributed by atoms with E-state index >= 15 is 0 Å². The van der Waals surface area contributed by atoms with Crippen molar-refractivity contribution < 1.29 is 8.83 Å². The molecule has 5 aromatic heterocycles. The molecule has 7 heteroatoms. The molecule has 0 radical (unpaired) electrons. The van der Waals surface area contributed by atoms with Crippen LogP contribution in [0.1, 0.15) is 0 Å². The summed E-state index contributed by atoms with van der Waals surface area (Å²) in [6.07, 6.45) is 3.65. The van der Waals surface area contributed by atoms with Crippen LogP contribution < -0.4 is 0 Å². The van der Waals surface area contributed by atoms with Crippen molar-refractivity contribution in [3.8, 4) is 56.4 Å². The Morgan fingerprint density at radius 2 is 1.02 bits per heavy atom. The average molecular weight is 749 g/mol. The number of hydrogen-bond acceptors (Lipinski definition) is 7. The van der Waals surface area contributed by atoms with Crippen molar-refractivity contribution in [3.05, 3.63) is 170 Å². The SMILES string of the molecule is c1cncc(-c2ccc(-c3nc(-c4ccc5c(c4)oc4ccccc45)nc(-c4ccc(-c5ccc6c(c5)sc5ccccc56)c5oc6ccccc6c45)n3)cc2)c1. The third-order valence-corrected chi connectivity index (χ3v) is 12.0. The molecule has 0 aliphatic carbocycles. The van der Waals surface area contributed by atoms with Gasteiger partial charge in [-0.1, -0.05) is 103 Å². The minimum Gasteiger partial charge on any atom is -0.456 e. The van der Waals surface area contributed by atoms with Crippen LogP contribution >= 0.6 is 11.3 Å². The Kier molecular flexibility index (Phi) is 7.00. The van der Waals surface area contributed by atoms with E-state index in [1.807, 2.05) is 66.1 Å². The summed E-state index contributed by atoms with van der Waals surface area (Å²) < 4.78 is 15.6. The van der Waals surface area contributed by atoms with Crippen molar-refractivity contribution in [2.45, 2.75) is 0 Å². The first kappa shape index (κ1) is 31.8. The summed E-state index contributed by atoms with van der Waals surface area (Å²) in [5.41, 5.74) is 10.0. The van der Waals surface area contributed by atoms with E-state index < -0.39 is 0 Å². The standard InChI is InChI=1S/C50H28N4O2S/c1-4-12-41-35(9-1)36-21-20-32(26-43(36)55-41)49-52-48(30-17-15-29(16-18-30)33-8-7-25-51-28-33)53-50(54-49)40-24-23-34(47-46(40)39-11-2-5-13-42(39)56-47)31-19-22-38-37-10-3-6-14-44(37)57-45(38)27-31/h1-28H. The van der Waals surface area contributed by atoms with Crippen molar-refractivity contribution >= 4 is 75.4 Å². The summed E-state index contributed by atoms with van der Waals surface area (Å²) in [7, 11) is 0. The number of furan rings is 2. The van der Waals surface area contributed by atoms with Gasteiger partial charge in [-0.3, -0.25) is 4.98 Å². The lowest BCUT2D eigenvalue weighted by atomic mass is 9.97. The number of aromatic nitrogens is 4. The maximum atomic E-state index is 6.75. The first-order chi connectivity index (χ1) is 28.2. The number of para-hydroxylation sites is 2. The fourth-order valence-electron chi connectivity index (χ4n) is 8.10. The summed E-state index contributed by atoms with van der Waals surface area (Å²) in [5.74, 6) is 1.67. The number of fused-ring (bicyclic) bond motifs is 9. The quantitative estimate of drug-likeness (QED) is 0.174. The molecule has 0 amide bonds. The first-order valence-electron chi connectivity index (χ1n) is 18.8. The minimum absolute atomic E-state index is 0.550. The van der Waals surface area contributed by atoms with E-state index in [-0.39, 0.29) is 0 Å². The monoisotopic (exact) mass is 748 g/mol. The summed E-state index contributed by atoms with van der Waals surface area (Å²) in [4.78, 5) is 19.8. The lowest BCUT2D eigenvalue weighted by molar-refractivity contribution is 0.669. The van der Waals surface area contributed by atoms with Gasteiger partial charge in [-0.2, -0.15) is 0 Å². The zero-order chi connectivity index (χ0) is 37.5. The highest BCUT2D eigenvalue weighted by molar-refractivity contribution is 7.25. The molecule has 0 aliphatic heterocycles. The van der Waals surface area contributed by atoms with Crippen LogP contribution in [0.15, 0.2) is 179 Å². The Morgan fingerprint density at radius 3 is 1.86 bits per heavy atom. The predicted molar refractivity (Wildman–Crippen MR) is 232 cm³/mol. The van der Waals surface area contributed by atoms with E-state index in [1.54, 1.807) is 6.20 Å². The smallest absolute Gasteiger partial charge is 0.164 e. The van der Waals surface area contributed by atoms with E-state index in [0.29, 0.717) is 17.5 Å². The van der Waals surface area contributed by atoms with Gasteiger partial charge in [0, 0.05) is 76.4 Å². The van der Waals surface area contributed by atoms with E-state index in [4.69, 9.17) is 23.8 Å². The van der Waals surface area contributed by atoms with Gasteiger partial charge < -0.3 is 8.83 Å². The van der Waals surface area contributed by atoms with Gasteiger partial charge >= 0.3 is 0 Å². The number of rotatable bonds is 5. The average Bonchev–Trinajstić information content (AvgIpc) is 3.97. The molecule has 0 fully saturated rings. The highest BCUT2D eigenvalue weighted by Gasteiger charge is 2.22. The Morgan fingerprint density at radius 1 is 0.386 bits per heavy atom. The number of hydrogen-bond donors (Lipinski definition) is 0. The predicted octanol–water partition coefficient (Wildman–Crippen LogP) is 13.8. The summed E-state index contributed by atoms with van der Waals surface area (Å²) >= 11 is 1.81. The van der Waals surface area contributed by atoms with Crippen LogP contribution in [0.4, 0.5) is 0 Å². The second kappa shape index (κ2) is 12.5. The van der Waals surface area contributed by atoms with Crippen molar-refractivity contribution in [1.82, 2.24) is 19.9 Å². The Balaban J connectivity index is 1.07. The maximum absolute atomic E-state index is 6.75. The van der Waals surface area contributed by atoms with Gasteiger partial charge in [-0.25, -0.2) is 15.0 Å². The molecule has 0 unspecified atom stereocenters. The van der Waals surface area contributed by atoms with Gasteiger partial charge in [0.2, 0.25) is 0 Å². The molecule has 12 aromatic rings. The molecule has 6 nitrogen and oxygen atoms in total. The zero-order valence-electron chi connectivity index (χ0n) is 30.2. The van der Waals surface area contributed by atoms with Crippen LogP contribution in [-0.4, -0.2) is 19.9 Å². The molecule has 12 rings (SSSR count). The van der Waals surface area contributed by atoms with Gasteiger partial charge in [-0.15, -0.1) is 11.3 Å². The summed E-state index contributed by atoms with van der Waals surface area (Å²) in [5, 5.41) is 6.62. The molecule has 0 saturated carbocycles. The second-order valence-electron chi connectivity index (χ2n) is 14.2. The first-order valence-corrected chi connectivity index (χ1v) is 19.6. The second-order valence-corrected chi connectivity index (χ2v) is 15.3. The largest absolute Gasteiger partial charge is 0.456 e. The van der Waals surface area contributed by atoms with E-state index in [0.717, 1.165) is 82.8 Å². The number of nitrogens with zero attached hydrogens (tertiary/aromatic N) is 4. The van der Waals surface area contributed by atoms with Gasteiger partial charge in [-0.05, 0) is 71.3 Å².